The number of rotatable bonds is 5. The molecule has 0 spiro atoms. The molecule has 0 aromatic carbocycles. The van der Waals surface area contributed by atoms with Crippen molar-refractivity contribution < 1.29 is 0 Å². The van der Waals surface area contributed by atoms with Gasteiger partial charge >= 0.3 is 0 Å². The zero-order chi connectivity index (χ0) is 14.1. The van der Waals surface area contributed by atoms with Gasteiger partial charge in [-0.3, -0.25) is 4.40 Å². The first kappa shape index (κ1) is 12.8. The van der Waals surface area contributed by atoms with Crippen LogP contribution in [-0.4, -0.2) is 25.6 Å². The molecule has 0 bridgehead atoms. The number of hydrogen-bond acceptors (Lipinski definition) is 5. The second-order valence-corrected chi connectivity index (χ2v) is 6.09. The highest BCUT2D eigenvalue weighted by Crippen LogP contribution is 2.28. The third-order valence-electron chi connectivity index (χ3n) is 3.48. The van der Waals surface area contributed by atoms with Crippen LogP contribution < -0.4 is 5.32 Å². The summed E-state index contributed by atoms with van der Waals surface area (Å²) in [7, 11) is 0. The van der Waals surface area contributed by atoms with E-state index in [1.807, 2.05) is 41.1 Å². The summed E-state index contributed by atoms with van der Waals surface area (Å²) < 4.78 is 1.98. The summed E-state index contributed by atoms with van der Waals surface area (Å²) in [6, 6.07) is 10.7. The highest BCUT2D eigenvalue weighted by atomic mass is 32.2. The van der Waals surface area contributed by atoms with E-state index in [2.05, 4.69) is 26.6 Å². The van der Waals surface area contributed by atoms with Crippen LogP contribution in [0.4, 0.5) is 0 Å². The molecule has 0 radical (unpaired) electrons. The molecule has 5 nitrogen and oxygen atoms in total. The zero-order valence-corrected chi connectivity index (χ0v) is 12.3. The van der Waals surface area contributed by atoms with Crippen LogP contribution in [0, 0.1) is 0 Å². The maximum atomic E-state index is 4.50. The summed E-state index contributed by atoms with van der Waals surface area (Å²) in [6.07, 6.45) is 6.38. The van der Waals surface area contributed by atoms with Crippen molar-refractivity contribution in [3.63, 3.8) is 0 Å². The SMILES string of the molecule is c1cnc(Sc2nnc3ccccn23)c(CNC2CC2)c1. The highest BCUT2D eigenvalue weighted by molar-refractivity contribution is 7.99. The number of aromatic nitrogens is 4. The Morgan fingerprint density at radius 2 is 2.14 bits per heavy atom. The Labute approximate surface area is 126 Å². The van der Waals surface area contributed by atoms with Crippen LogP contribution in [0.5, 0.6) is 0 Å². The van der Waals surface area contributed by atoms with E-state index in [-0.39, 0.29) is 0 Å². The minimum Gasteiger partial charge on any atom is -0.310 e. The molecule has 1 N–H and O–H groups in total. The van der Waals surface area contributed by atoms with Gasteiger partial charge in [0.2, 0.25) is 5.16 Å². The molecule has 21 heavy (non-hydrogen) atoms. The van der Waals surface area contributed by atoms with Crippen molar-refractivity contribution in [2.75, 3.05) is 0 Å². The van der Waals surface area contributed by atoms with E-state index in [0.29, 0.717) is 6.04 Å². The minimum absolute atomic E-state index is 0.692. The van der Waals surface area contributed by atoms with Gasteiger partial charge in [-0.05, 0) is 48.4 Å². The lowest BCUT2D eigenvalue weighted by Crippen LogP contribution is -2.16. The molecule has 0 unspecified atom stereocenters. The summed E-state index contributed by atoms with van der Waals surface area (Å²) in [5.41, 5.74) is 2.07. The van der Waals surface area contributed by atoms with E-state index >= 15 is 0 Å². The smallest absolute Gasteiger partial charge is 0.201 e. The molecular weight excluding hydrogens is 282 g/mol. The Bertz CT molecular complexity index is 765. The van der Waals surface area contributed by atoms with Crippen molar-refractivity contribution in [3.8, 4) is 0 Å². The van der Waals surface area contributed by atoms with Gasteiger partial charge in [0.1, 0.15) is 5.03 Å². The topological polar surface area (TPSA) is 55.1 Å². The van der Waals surface area contributed by atoms with Crippen LogP contribution in [0.3, 0.4) is 0 Å². The van der Waals surface area contributed by atoms with Crippen molar-refractivity contribution in [2.24, 2.45) is 0 Å². The maximum Gasteiger partial charge on any atom is 0.201 e. The van der Waals surface area contributed by atoms with Crippen LogP contribution in [-0.2, 0) is 6.54 Å². The van der Waals surface area contributed by atoms with Crippen molar-refractivity contribution in [3.05, 3.63) is 48.3 Å². The Balaban J connectivity index is 1.61. The fourth-order valence-electron chi connectivity index (χ4n) is 2.17. The second-order valence-electron chi connectivity index (χ2n) is 5.14. The molecule has 106 valence electrons. The number of nitrogens with zero attached hydrogens (tertiary/aromatic N) is 4. The van der Waals surface area contributed by atoms with Crippen LogP contribution >= 0.6 is 11.8 Å². The van der Waals surface area contributed by atoms with Crippen molar-refractivity contribution >= 4 is 17.4 Å². The third-order valence-corrected chi connectivity index (χ3v) is 4.50. The van der Waals surface area contributed by atoms with Gasteiger partial charge in [0.25, 0.3) is 0 Å². The average Bonchev–Trinajstić information content (AvgIpc) is 3.27. The first-order valence-corrected chi connectivity index (χ1v) is 7.87. The summed E-state index contributed by atoms with van der Waals surface area (Å²) in [5.74, 6) is 0. The Hall–Kier alpha value is -1.92. The van der Waals surface area contributed by atoms with Gasteiger partial charge in [-0.1, -0.05) is 12.1 Å². The molecule has 3 aromatic heterocycles. The fraction of sp³-hybridized carbons (Fsp3) is 0.267. The monoisotopic (exact) mass is 297 g/mol. The van der Waals surface area contributed by atoms with Crippen LogP contribution in [0.1, 0.15) is 18.4 Å². The van der Waals surface area contributed by atoms with E-state index in [1.165, 1.54) is 18.4 Å². The molecule has 0 amide bonds. The van der Waals surface area contributed by atoms with E-state index in [1.54, 1.807) is 11.8 Å². The predicted octanol–water partition coefficient (Wildman–Crippen LogP) is 2.53. The molecule has 0 atom stereocenters. The average molecular weight is 297 g/mol. The van der Waals surface area contributed by atoms with Gasteiger partial charge in [0, 0.05) is 25.0 Å². The van der Waals surface area contributed by atoms with Crippen LogP contribution in [0.25, 0.3) is 5.65 Å². The lowest BCUT2D eigenvalue weighted by atomic mass is 10.3. The van der Waals surface area contributed by atoms with Crippen LogP contribution in [0.15, 0.2) is 52.9 Å². The lowest BCUT2D eigenvalue weighted by molar-refractivity contribution is 0.675. The minimum atomic E-state index is 0.692. The Morgan fingerprint density at radius 1 is 1.19 bits per heavy atom. The van der Waals surface area contributed by atoms with E-state index < -0.39 is 0 Å². The number of fused-ring (bicyclic) bond motifs is 1. The number of pyridine rings is 2. The summed E-state index contributed by atoms with van der Waals surface area (Å²) in [6.45, 7) is 0.859. The highest BCUT2D eigenvalue weighted by Gasteiger charge is 2.21. The van der Waals surface area contributed by atoms with Gasteiger partial charge in [-0.2, -0.15) is 0 Å². The largest absolute Gasteiger partial charge is 0.310 e. The first-order valence-electron chi connectivity index (χ1n) is 7.05. The molecular formula is C15H15N5S. The lowest BCUT2D eigenvalue weighted by Gasteiger charge is -2.07. The van der Waals surface area contributed by atoms with E-state index in [9.17, 15) is 0 Å². The molecule has 1 saturated carbocycles. The van der Waals surface area contributed by atoms with Gasteiger partial charge in [0.05, 0.1) is 0 Å². The fourth-order valence-corrected chi connectivity index (χ4v) is 3.06. The van der Waals surface area contributed by atoms with E-state index in [4.69, 9.17) is 0 Å². The number of nitrogens with one attached hydrogen (secondary N) is 1. The molecule has 4 rings (SSSR count). The summed E-state index contributed by atoms with van der Waals surface area (Å²) in [5, 5.41) is 13.8. The van der Waals surface area contributed by atoms with Gasteiger partial charge in [-0.15, -0.1) is 10.2 Å². The normalized spacial score (nSPS) is 14.7. The van der Waals surface area contributed by atoms with E-state index in [0.717, 1.165) is 22.4 Å². The summed E-state index contributed by atoms with van der Waals surface area (Å²) in [4.78, 5) is 4.50. The number of hydrogen-bond donors (Lipinski definition) is 1. The van der Waals surface area contributed by atoms with Gasteiger partial charge in [-0.25, -0.2) is 4.98 Å². The zero-order valence-electron chi connectivity index (χ0n) is 11.4. The van der Waals surface area contributed by atoms with Crippen molar-refractivity contribution in [1.82, 2.24) is 24.9 Å². The second kappa shape index (κ2) is 5.46. The molecule has 0 aliphatic heterocycles. The molecule has 3 heterocycles. The maximum absolute atomic E-state index is 4.50. The Kier molecular flexibility index (Phi) is 3.33. The predicted molar refractivity (Wildman–Crippen MR) is 81.2 cm³/mol. The Morgan fingerprint density at radius 3 is 3.05 bits per heavy atom. The molecule has 1 aliphatic rings. The molecule has 1 fully saturated rings. The standard InChI is InChI=1S/C15H15N5S/c1-2-9-20-13(5-1)18-19-15(20)21-14-11(4-3-8-16-14)10-17-12-6-7-12/h1-5,8-9,12,17H,6-7,10H2. The summed E-state index contributed by atoms with van der Waals surface area (Å²) >= 11 is 1.56. The van der Waals surface area contributed by atoms with Gasteiger partial charge in [0.15, 0.2) is 5.65 Å². The molecule has 6 heteroatoms. The van der Waals surface area contributed by atoms with Gasteiger partial charge < -0.3 is 5.32 Å². The van der Waals surface area contributed by atoms with Crippen molar-refractivity contribution in [2.45, 2.75) is 35.6 Å². The third kappa shape index (κ3) is 2.77. The molecule has 3 aromatic rings. The van der Waals surface area contributed by atoms with Crippen LogP contribution in [0.2, 0.25) is 0 Å². The molecule has 0 saturated heterocycles. The molecule has 1 aliphatic carbocycles. The van der Waals surface area contributed by atoms with Crippen molar-refractivity contribution in [1.29, 1.82) is 0 Å². The first-order chi connectivity index (χ1) is 10.4. The quantitative estimate of drug-likeness (QED) is 0.784.